The van der Waals surface area contributed by atoms with Gasteiger partial charge in [-0.3, -0.25) is 0 Å². The second-order valence-electron chi connectivity index (χ2n) is 4.08. The zero-order chi connectivity index (χ0) is 10.8. The fourth-order valence-electron chi connectivity index (χ4n) is 1.27. The first kappa shape index (κ1) is 11.2. The minimum atomic E-state index is -0.253. The molecule has 3 heteroatoms. The van der Waals surface area contributed by atoms with E-state index in [0.717, 1.165) is 16.5 Å². The van der Waals surface area contributed by atoms with Crippen LogP contribution in [0, 0.1) is 11.3 Å². The summed E-state index contributed by atoms with van der Waals surface area (Å²) in [5.41, 5.74) is 7.42. The predicted molar refractivity (Wildman–Crippen MR) is 60.8 cm³/mol. The molecule has 0 heterocycles. The number of nitrogens with zero attached hydrogens (tertiary/aromatic N) is 1. The van der Waals surface area contributed by atoms with E-state index in [1.807, 2.05) is 26.0 Å². The summed E-state index contributed by atoms with van der Waals surface area (Å²) < 4.78 is 1.01. The number of benzene rings is 1. The number of hydrogen-bond acceptors (Lipinski definition) is 2. The van der Waals surface area contributed by atoms with E-state index in [4.69, 9.17) is 11.0 Å². The summed E-state index contributed by atoms with van der Waals surface area (Å²) in [6.07, 6.45) is 0.753. The molecule has 0 unspecified atom stereocenters. The second kappa shape index (κ2) is 4.12. The maximum atomic E-state index is 8.75. The average Bonchev–Trinajstić information content (AvgIpc) is 2.06. The van der Waals surface area contributed by atoms with Gasteiger partial charge in [0.25, 0.3) is 0 Å². The van der Waals surface area contributed by atoms with Crippen molar-refractivity contribution in [1.29, 1.82) is 5.26 Å². The van der Waals surface area contributed by atoms with Crippen LogP contribution >= 0.6 is 15.9 Å². The van der Waals surface area contributed by atoms with E-state index in [0.29, 0.717) is 5.56 Å². The van der Waals surface area contributed by atoms with E-state index in [-0.39, 0.29) is 5.54 Å². The normalized spacial score (nSPS) is 11.1. The van der Waals surface area contributed by atoms with Crippen molar-refractivity contribution in [2.75, 3.05) is 0 Å². The molecule has 0 amide bonds. The van der Waals surface area contributed by atoms with Gasteiger partial charge < -0.3 is 5.73 Å². The highest BCUT2D eigenvalue weighted by atomic mass is 79.9. The molecular formula is C11H13BrN2. The van der Waals surface area contributed by atoms with Gasteiger partial charge in [-0.05, 0) is 44.0 Å². The van der Waals surface area contributed by atoms with Gasteiger partial charge in [-0.2, -0.15) is 5.26 Å². The Morgan fingerprint density at radius 2 is 2.14 bits per heavy atom. The molecule has 1 aromatic carbocycles. The second-order valence-corrected chi connectivity index (χ2v) is 4.94. The molecular weight excluding hydrogens is 240 g/mol. The Morgan fingerprint density at radius 1 is 1.50 bits per heavy atom. The molecule has 0 aliphatic heterocycles. The van der Waals surface area contributed by atoms with Crippen molar-refractivity contribution in [3.63, 3.8) is 0 Å². The van der Waals surface area contributed by atoms with E-state index in [1.54, 1.807) is 6.07 Å². The van der Waals surface area contributed by atoms with Crippen LogP contribution in [0.4, 0.5) is 0 Å². The fourth-order valence-corrected chi connectivity index (χ4v) is 1.66. The van der Waals surface area contributed by atoms with Crippen LogP contribution in [0.25, 0.3) is 0 Å². The van der Waals surface area contributed by atoms with Crippen LogP contribution in [0.5, 0.6) is 0 Å². The Morgan fingerprint density at radius 3 is 2.64 bits per heavy atom. The lowest BCUT2D eigenvalue weighted by atomic mass is 9.95. The Labute approximate surface area is 92.9 Å². The van der Waals surface area contributed by atoms with Gasteiger partial charge in [-0.15, -0.1) is 0 Å². The van der Waals surface area contributed by atoms with Crippen LogP contribution in [0.2, 0.25) is 0 Å². The topological polar surface area (TPSA) is 49.8 Å². The summed E-state index contributed by atoms with van der Waals surface area (Å²) in [6.45, 7) is 3.94. The van der Waals surface area contributed by atoms with Gasteiger partial charge in [0, 0.05) is 10.0 Å². The average molecular weight is 253 g/mol. The van der Waals surface area contributed by atoms with Crippen molar-refractivity contribution < 1.29 is 0 Å². The third-order valence-electron chi connectivity index (χ3n) is 1.82. The molecule has 0 atom stereocenters. The highest BCUT2D eigenvalue weighted by Crippen LogP contribution is 2.21. The molecule has 0 fully saturated rings. The molecule has 0 aliphatic carbocycles. The lowest BCUT2D eigenvalue weighted by molar-refractivity contribution is 0.516. The van der Waals surface area contributed by atoms with Crippen molar-refractivity contribution >= 4 is 15.9 Å². The summed E-state index contributed by atoms with van der Waals surface area (Å²) in [7, 11) is 0. The van der Waals surface area contributed by atoms with Crippen LogP contribution in [0.1, 0.15) is 25.0 Å². The molecule has 2 nitrogen and oxygen atoms in total. The molecule has 0 spiro atoms. The lowest BCUT2D eigenvalue weighted by Crippen LogP contribution is -2.34. The highest BCUT2D eigenvalue weighted by molar-refractivity contribution is 9.10. The molecule has 0 bridgehead atoms. The van der Waals surface area contributed by atoms with Crippen LogP contribution in [-0.4, -0.2) is 5.54 Å². The van der Waals surface area contributed by atoms with Crippen molar-refractivity contribution in [1.82, 2.24) is 0 Å². The lowest BCUT2D eigenvalue weighted by Gasteiger charge is -2.19. The first-order valence-corrected chi connectivity index (χ1v) is 5.19. The Hall–Kier alpha value is -0.850. The van der Waals surface area contributed by atoms with Gasteiger partial charge >= 0.3 is 0 Å². The Kier molecular flexibility index (Phi) is 3.30. The highest BCUT2D eigenvalue weighted by Gasteiger charge is 2.13. The predicted octanol–water partition coefficient (Wildman–Crippen LogP) is 2.60. The molecule has 0 saturated carbocycles. The van der Waals surface area contributed by atoms with Gasteiger partial charge in [0.2, 0.25) is 0 Å². The maximum absolute atomic E-state index is 8.75. The van der Waals surface area contributed by atoms with Crippen molar-refractivity contribution in [3.05, 3.63) is 33.8 Å². The number of nitriles is 1. The molecule has 1 rings (SSSR count). The first-order valence-electron chi connectivity index (χ1n) is 4.40. The summed E-state index contributed by atoms with van der Waals surface area (Å²) in [6, 6.07) is 7.67. The standard InChI is InChI=1S/C11H13BrN2/c1-11(2,14)6-9-5-8(7-13)3-4-10(9)12/h3-5H,6,14H2,1-2H3. The van der Waals surface area contributed by atoms with Crippen LogP contribution in [0.15, 0.2) is 22.7 Å². The zero-order valence-electron chi connectivity index (χ0n) is 8.34. The summed E-state index contributed by atoms with van der Waals surface area (Å²) in [5, 5.41) is 8.75. The number of nitrogens with two attached hydrogens (primary N) is 1. The molecule has 1 aromatic rings. The van der Waals surface area contributed by atoms with Crippen molar-refractivity contribution in [2.45, 2.75) is 25.8 Å². The molecule has 0 aliphatic rings. The fraction of sp³-hybridized carbons (Fsp3) is 0.364. The third kappa shape index (κ3) is 3.13. The summed E-state index contributed by atoms with van der Waals surface area (Å²) >= 11 is 3.45. The minimum Gasteiger partial charge on any atom is -0.325 e. The number of rotatable bonds is 2. The summed E-state index contributed by atoms with van der Waals surface area (Å²) in [5.74, 6) is 0. The van der Waals surface area contributed by atoms with E-state index in [1.165, 1.54) is 0 Å². The molecule has 0 saturated heterocycles. The van der Waals surface area contributed by atoms with Crippen LogP contribution in [0.3, 0.4) is 0 Å². The molecule has 74 valence electrons. The van der Waals surface area contributed by atoms with E-state index < -0.39 is 0 Å². The maximum Gasteiger partial charge on any atom is 0.0991 e. The first-order chi connectivity index (χ1) is 6.42. The Balaban J connectivity index is 3.03. The number of halogens is 1. The van der Waals surface area contributed by atoms with Gasteiger partial charge in [-0.1, -0.05) is 15.9 Å². The quantitative estimate of drug-likeness (QED) is 0.880. The van der Waals surface area contributed by atoms with Crippen molar-refractivity contribution in [3.8, 4) is 6.07 Å². The Bertz CT molecular complexity index is 372. The molecule has 0 aromatic heterocycles. The minimum absolute atomic E-state index is 0.253. The number of hydrogen-bond donors (Lipinski definition) is 1. The molecule has 14 heavy (non-hydrogen) atoms. The monoisotopic (exact) mass is 252 g/mol. The van der Waals surface area contributed by atoms with Crippen molar-refractivity contribution in [2.24, 2.45) is 5.73 Å². The van der Waals surface area contributed by atoms with Gasteiger partial charge in [-0.25, -0.2) is 0 Å². The molecule has 0 radical (unpaired) electrons. The van der Waals surface area contributed by atoms with Gasteiger partial charge in [0.05, 0.1) is 11.6 Å². The third-order valence-corrected chi connectivity index (χ3v) is 2.59. The SMILES string of the molecule is CC(C)(N)Cc1cc(C#N)ccc1Br. The zero-order valence-corrected chi connectivity index (χ0v) is 9.93. The van der Waals surface area contributed by atoms with Gasteiger partial charge in [0.15, 0.2) is 0 Å². The van der Waals surface area contributed by atoms with E-state index >= 15 is 0 Å². The largest absolute Gasteiger partial charge is 0.325 e. The summed E-state index contributed by atoms with van der Waals surface area (Å²) in [4.78, 5) is 0. The smallest absolute Gasteiger partial charge is 0.0991 e. The van der Waals surface area contributed by atoms with E-state index in [9.17, 15) is 0 Å². The van der Waals surface area contributed by atoms with Crippen LogP contribution in [-0.2, 0) is 6.42 Å². The van der Waals surface area contributed by atoms with Gasteiger partial charge in [0.1, 0.15) is 0 Å². The molecule has 2 N–H and O–H groups in total. The van der Waals surface area contributed by atoms with Crippen LogP contribution < -0.4 is 5.73 Å². The van der Waals surface area contributed by atoms with E-state index in [2.05, 4.69) is 22.0 Å².